The summed E-state index contributed by atoms with van der Waals surface area (Å²) in [5.74, 6) is 0.494. The van der Waals surface area contributed by atoms with Crippen LogP contribution in [0.2, 0.25) is 0 Å². The third-order valence-corrected chi connectivity index (χ3v) is 4.44. The fraction of sp³-hybridized carbons (Fsp3) is 0. The second kappa shape index (κ2) is 4.22. The molecule has 2 aromatic heterocycles. The minimum atomic E-state index is 0.494. The minimum Gasteiger partial charge on any atom is -0.399 e. The number of benzene rings is 1. The zero-order valence-electron chi connectivity index (χ0n) is 9.22. The Balaban J connectivity index is 2.34. The molecule has 18 heavy (non-hydrogen) atoms. The monoisotopic (exact) mass is 320 g/mol. The summed E-state index contributed by atoms with van der Waals surface area (Å²) in [4.78, 5) is 9.17. The molecule has 2 heterocycles. The van der Waals surface area contributed by atoms with E-state index in [9.17, 15) is 0 Å². The van der Waals surface area contributed by atoms with Gasteiger partial charge in [-0.15, -0.1) is 11.3 Å². The van der Waals surface area contributed by atoms with Crippen LogP contribution in [-0.4, -0.2) is 9.97 Å². The molecular formula is C12H9BrN4S. The molecule has 0 bridgehead atoms. The Bertz CT molecular complexity index is 721. The summed E-state index contributed by atoms with van der Waals surface area (Å²) in [7, 11) is 0. The Morgan fingerprint density at radius 1 is 1.06 bits per heavy atom. The van der Waals surface area contributed by atoms with E-state index in [1.54, 1.807) is 11.3 Å². The number of thiophene rings is 1. The maximum Gasteiger partial charge on any atom is 0.136 e. The SMILES string of the molecule is Nc1ccc(-c2c(Br)sc3ncnc(N)c23)cc1. The molecule has 4 nitrogen and oxygen atoms in total. The highest BCUT2D eigenvalue weighted by atomic mass is 79.9. The van der Waals surface area contributed by atoms with Crippen molar-refractivity contribution in [2.24, 2.45) is 0 Å². The molecule has 0 amide bonds. The molecule has 0 spiro atoms. The van der Waals surface area contributed by atoms with Crippen LogP contribution < -0.4 is 11.5 Å². The van der Waals surface area contributed by atoms with E-state index >= 15 is 0 Å². The van der Waals surface area contributed by atoms with Gasteiger partial charge >= 0.3 is 0 Å². The predicted molar refractivity (Wildman–Crippen MR) is 79.4 cm³/mol. The van der Waals surface area contributed by atoms with E-state index in [1.165, 1.54) is 6.33 Å². The Kier molecular flexibility index (Phi) is 2.68. The topological polar surface area (TPSA) is 77.8 Å². The smallest absolute Gasteiger partial charge is 0.136 e. The second-order valence-electron chi connectivity index (χ2n) is 3.81. The van der Waals surface area contributed by atoms with Gasteiger partial charge in [0, 0.05) is 11.3 Å². The van der Waals surface area contributed by atoms with Crippen LogP contribution in [-0.2, 0) is 0 Å². The van der Waals surface area contributed by atoms with Gasteiger partial charge in [0.2, 0.25) is 0 Å². The fourth-order valence-corrected chi connectivity index (χ4v) is 3.62. The summed E-state index contributed by atoms with van der Waals surface area (Å²) in [6, 6.07) is 7.67. The van der Waals surface area contributed by atoms with E-state index in [0.717, 1.165) is 30.8 Å². The molecule has 0 aliphatic rings. The first kappa shape index (κ1) is 11.4. The molecule has 0 radical (unpaired) electrons. The van der Waals surface area contributed by atoms with Gasteiger partial charge in [-0.2, -0.15) is 0 Å². The Hall–Kier alpha value is -1.66. The molecule has 0 atom stereocenters. The van der Waals surface area contributed by atoms with Crippen molar-refractivity contribution in [1.82, 2.24) is 9.97 Å². The van der Waals surface area contributed by atoms with Crippen LogP contribution in [0.25, 0.3) is 21.3 Å². The lowest BCUT2D eigenvalue weighted by Gasteiger charge is -2.03. The number of fused-ring (bicyclic) bond motifs is 1. The standard InChI is InChI=1S/C12H9BrN4S/c13-10-8(6-1-3-7(14)4-2-6)9-11(15)16-5-17-12(9)18-10/h1-5H,14H2,(H2,15,16,17). The van der Waals surface area contributed by atoms with Crippen molar-refractivity contribution in [2.75, 3.05) is 11.5 Å². The highest BCUT2D eigenvalue weighted by Crippen LogP contribution is 2.43. The lowest BCUT2D eigenvalue weighted by molar-refractivity contribution is 1.24. The normalized spacial score (nSPS) is 10.9. The molecule has 0 aliphatic carbocycles. The van der Waals surface area contributed by atoms with E-state index in [1.807, 2.05) is 24.3 Å². The molecule has 3 rings (SSSR count). The number of nitrogens with zero attached hydrogens (tertiary/aromatic N) is 2. The highest BCUT2D eigenvalue weighted by molar-refractivity contribution is 9.11. The first-order valence-corrected chi connectivity index (χ1v) is 6.82. The number of nitrogens with two attached hydrogens (primary N) is 2. The van der Waals surface area contributed by atoms with Crippen molar-refractivity contribution < 1.29 is 0 Å². The van der Waals surface area contributed by atoms with Gasteiger partial charge in [-0.25, -0.2) is 9.97 Å². The van der Waals surface area contributed by atoms with Gasteiger partial charge in [0.25, 0.3) is 0 Å². The van der Waals surface area contributed by atoms with Gasteiger partial charge in [-0.3, -0.25) is 0 Å². The van der Waals surface area contributed by atoms with Gasteiger partial charge in [0.05, 0.1) is 9.17 Å². The number of halogens is 1. The van der Waals surface area contributed by atoms with Crippen molar-refractivity contribution in [3.63, 3.8) is 0 Å². The maximum absolute atomic E-state index is 5.95. The molecule has 0 saturated heterocycles. The lowest BCUT2D eigenvalue weighted by atomic mass is 10.1. The largest absolute Gasteiger partial charge is 0.399 e. The van der Waals surface area contributed by atoms with Crippen LogP contribution >= 0.6 is 27.3 Å². The average Bonchev–Trinajstić information content (AvgIpc) is 2.68. The third-order valence-electron chi connectivity index (χ3n) is 2.67. The summed E-state index contributed by atoms with van der Waals surface area (Å²) >= 11 is 5.11. The van der Waals surface area contributed by atoms with E-state index in [4.69, 9.17) is 11.5 Å². The fourth-order valence-electron chi connectivity index (χ4n) is 1.84. The minimum absolute atomic E-state index is 0.494. The van der Waals surface area contributed by atoms with E-state index in [-0.39, 0.29) is 0 Å². The van der Waals surface area contributed by atoms with Gasteiger partial charge in [0.15, 0.2) is 0 Å². The summed E-state index contributed by atoms with van der Waals surface area (Å²) in [5, 5.41) is 0.888. The van der Waals surface area contributed by atoms with Crippen molar-refractivity contribution >= 4 is 49.0 Å². The Labute approximate surface area is 116 Å². The van der Waals surface area contributed by atoms with E-state index in [0.29, 0.717) is 5.82 Å². The Morgan fingerprint density at radius 2 is 1.78 bits per heavy atom. The molecule has 6 heteroatoms. The number of hydrogen-bond donors (Lipinski definition) is 2. The molecule has 4 N–H and O–H groups in total. The summed E-state index contributed by atoms with van der Waals surface area (Å²) in [6.07, 6.45) is 1.48. The molecule has 0 aliphatic heterocycles. The maximum atomic E-state index is 5.95. The first-order valence-electron chi connectivity index (χ1n) is 5.21. The van der Waals surface area contributed by atoms with E-state index in [2.05, 4.69) is 25.9 Å². The molecule has 90 valence electrons. The van der Waals surface area contributed by atoms with Crippen LogP contribution in [0.3, 0.4) is 0 Å². The molecule has 0 saturated carbocycles. The zero-order chi connectivity index (χ0) is 12.7. The first-order chi connectivity index (χ1) is 8.66. The van der Waals surface area contributed by atoms with Crippen LogP contribution in [0.4, 0.5) is 11.5 Å². The third kappa shape index (κ3) is 1.74. The number of anilines is 2. The number of nitrogen functional groups attached to an aromatic ring is 2. The molecule has 0 fully saturated rings. The lowest BCUT2D eigenvalue weighted by Crippen LogP contribution is -1.92. The average molecular weight is 321 g/mol. The van der Waals surface area contributed by atoms with Gasteiger partial charge in [0.1, 0.15) is 17.0 Å². The number of rotatable bonds is 1. The number of hydrogen-bond acceptors (Lipinski definition) is 5. The highest BCUT2D eigenvalue weighted by Gasteiger charge is 2.15. The number of aromatic nitrogens is 2. The quantitative estimate of drug-likeness (QED) is 0.674. The summed E-state index contributed by atoms with van der Waals surface area (Å²) in [5.41, 5.74) is 14.5. The molecular weight excluding hydrogens is 312 g/mol. The van der Waals surface area contributed by atoms with Crippen LogP contribution in [0.5, 0.6) is 0 Å². The molecule has 1 aromatic carbocycles. The molecule has 3 aromatic rings. The van der Waals surface area contributed by atoms with Gasteiger partial charge in [-0.05, 0) is 33.6 Å². The molecule has 0 unspecified atom stereocenters. The van der Waals surface area contributed by atoms with Crippen molar-refractivity contribution in [3.05, 3.63) is 34.4 Å². The van der Waals surface area contributed by atoms with Crippen LogP contribution in [0.1, 0.15) is 0 Å². The van der Waals surface area contributed by atoms with Gasteiger partial charge in [-0.1, -0.05) is 12.1 Å². The summed E-state index contributed by atoms with van der Waals surface area (Å²) < 4.78 is 0.995. The van der Waals surface area contributed by atoms with Crippen molar-refractivity contribution in [1.29, 1.82) is 0 Å². The summed E-state index contributed by atoms with van der Waals surface area (Å²) in [6.45, 7) is 0. The van der Waals surface area contributed by atoms with Crippen LogP contribution in [0, 0.1) is 0 Å². The second-order valence-corrected chi connectivity index (χ2v) is 6.13. The van der Waals surface area contributed by atoms with Crippen molar-refractivity contribution in [3.8, 4) is 11.1 Å². The Morgan fingerprint density at radius 3 is 2.50 bits per heavy atom. The van der Waals surface area contributed by atoms with Gasteiger partial charge < -0.3 is 11.5 Å². The van der Waals surface area contributed by atoms with Crippen molar-refractivity contribution in [2.45, 2.75) is 0 Å². The van der Waals surface area contributed by atoms with E-state index < -0.39 is 0 Å². The zero-order valence-corrected chi connectivity index (χ0v) is 11.6. The predicted octanol–water partition coefficient (Wildman–Crippen LogP) is 3.29. The van der Waals surface area contributed by atoms with Crippen LogP contribution in [0.15, 0.2) is 34.4 Å².